The Morgan fingerprint density at radius 2 is 1.54 bits per heavy atom. The first-order valence-corrected chi connectivity index (χ1v) is 9.79. The zero-order valence-electron chi connectivity index (χ0n) is 16.2. The second kappa shape index (κ2) is 9.31. The maximum absolute atomic E-state index is 12.4. The van der Waals surface area contributed by atoms with E-state index in [4.69, 9.17) is 0 Å². The Labute approximate surface area is 165 Å². The van der Waals surface area contributed by atoms with Gasteiger partial charge in [0.05, 0.1) is 0 Å². The number of rotatable bonds is 7. The predicted octanol–water partition coefficient (Wildman–Crippen LogP) is 3.20. The van der Waals surface area contributed by atoms with Gasteiger partial charge in [-0.3, -0.25) is 14.4 Å². The van der Waals surface area contributed by atoms with Crippen molar-refractivity contribution >= 4 is 17.6 Å². The molecule has 0 fully saturated rings. The number of hydrogen-bond donors (Lipinski definition) is 2. The zero-order chi connectivity index (χ0) is 19.9. The van der Waals surface area contributed by atoms with Crippen molar-refractivity contribution in [3.63, 3.8) is 0 Å². The van der Waals surface area contributed by atoms with E-state index in [2.05, 4.69) is 16.7 Å². The van der Waals surface area contributed by atoms with Gasteiger partial charge in [-0.15, -0.1) is 0 Å². The molecule has 5 heteroatoms. The fraction of sp³-hybridized carbons (Fsp3) is 0.348. The maximum atomic E-state index is 12.4. The molecular weight excluding hydrogens is 352 g/mol. The molecule has 3 rings (SSSR count). The third kappa shape index (κ3) is 5.06. The van der Waals surface area contributed by atoms with Crippen molar-refractivity contribution in [1.82, 2.24) is 10.6 Å². The lowest BCUT2D eigenvalue weighted by molar-refractivity contribution is -0.121. The van der Waals surface area contributed by atoms with Gasteiger partial charge in [0, 0.05) is 37.6 Å². The van der Waals surface area contributed by atoms with Crippen LogP contribution in [0.3, 0.4) is 0 Å². The lowest BCUT2D eigenvalue weighted by Gasteiger charge is -2.16. The Morgan fingerprint density at radius 3 is 2.25 bits per heavy atom. The van der Waals surface area contributed by atoms with Crippen LogP contribution in [0.25, 0.3) is 0 Å². The first-order chi connectivity index (χ1) is 13.6. The van der Waals surface area contributed by atoms with Crippen LogP contribution in [0.2, 0.25) is 0 Å². The van der Waals surface area contributed by atoms with Gasteiger partial charge in [-0.05, 0) is 60.6 Å². The summed E-state index contributed by atoms with van der Waals surface area (Å²) in [6.07, 6.45) is 4.91. The van der Waals surface area contributed by atoms with E-state index in [0.717, 1.165) is 18.4 Å². The third-order valence-corrected chi connectivity index (χ3v) is 5.18. The molecule has 1 aliphatic rings. The predicted molar refractivity (Wildman–Crippen MR) is 108 cm³/mol. The molecule has 0 atom stereocenters. The summed E-state index contributed by atoms with van der Waals surface area (Å²) < 4.78 is 0. The van der Waals surface area contributed by atoms with Crippen LogP contribution >= 0.6 is 0 Å². The van der Waals surface area contributed by atoms with Crippen molar-refractivity contribution in [1.29, 1.82) is 0 Å². The number of aryl methyl sites for hydroxylation is 2. The fourth-order valence-corrected chi connectivity index (χ4v) is 3.49. The molecular formula is C23H26N2O3. The minimum atomic E-state index is -0.151. The number of Topliss-reactive ketones (excluding diaryl/α,β-unsaturated/α-hetero) is 1. The average molecular weight is 378 g/mol. The minimum Gasteiger partial charge on any atom is -0.355 e. The number of benzene rings is 2. The van der Waals surface area contributed by atoms with Crippen molar-refractivity contribution < 1.29 is 14.4 Å². The molecule has 0 saturated carbocycles. The van der Waals surface area contributed by atoms with Crippen LogP contribution in [0.4, 0.5) is 0 Å². The third-order valence-electron chi connectivity index (χ3n) is 5.18. The molecule has 0 bridgehead atoms. The highest BCUT2D eigenvalue weighted by Crippen LogP contribution is 2.23. The smallest absolute Gasteiger partial charge is 0.251 e. The van der Waals surface area contributed by atoms with Gasteiger partial charge < -0.3 is 10.6 Å². The van der Waals surface area contributed by atoms with Gasteiger partial charge in [0.25, 0.3) is 5.91 Å². The van der Waals surface area contributed by atoms with Crippen molar-refractivity contribution in [2.75, 3.05) is 7.05 Å². The van der Waals surface area contributed by atoms with Gasteiger partial charge in [0.15, 0.2) is 5.78 Å². The molecule has 0 unspecified atom stereocenters. The summed E-state index contributed by atoms with van der Waals surface area (Å²) in [5.74, 6) is -0.281. The molecule has 0 saturated heterocycles. The highest BCUT2D eigenvalue weighted by atomic mass is 16.2. The number of fused-ring (bicyclic) bond motifs is 1. The van der Waals surface area contributed by atoms with Crippen LogP contribution in [0.15, 0.2) is 42.5 Å². The number of carbonyl (C=O) groups excluding carboxylic acids is 3. The normalized spacial score (nSPS) is 12.8. The van der Waals surface area contributed by atoms with Gasteiger partial charge in [-0.2, -0.15) is 0 Å². The van der Waals surface area contributed by atoms with E-state index in [1.807, 2.05) is 24.3 Å². The van der Waals surface area contributed by atoms with Crippen LogP contribution in [0, 0.1) is 0 Å². The summed E-state index contributed by atoms with van der Waals surface area (Å²) >= 11 is 0. The maximum Gasteiger partial charge on any atom is 0.251 e. The van der Waals surface area contributed by atoms with E-state index in [0.29, 0.717) is 17.7 Å². The van der Waals surface area contributed by atoms with E-state index < -0.39 is 0 Å². The summed E-state index contributed by atoms with van der Waals surface area (Å²) in [6, 6.07) is 13.0. The van der Waals surface area contributed by atoms with Gasteiger partial charge in [-0.25, -0.2) is 0 Å². The number of ketones is 1. The lowest BCUT2D eigenvalue weighted by atomic mass is 9.89. The van der Waals surface area contributed by atoms with Crippen LogP contribution in [0.5, 0.6) is 0 Å². The molecule has 0 radical (unpaired) electrons. The van der Waals surface area contributed by atoms with Gasteiger partial charge in [-0.1, -0.05) is 24.3 Å². The molecule has 2 aromatic rings. The summed E-state index contributed by atoms with van der Waals surface area (Å²) in [7, 11) is 1.59. The van der Waals surface area contributed by atoms with E-state index in [9.17, 15) is 14.4 Å². The van der Waals surface area contributed by atoms with E-state index >= 15 is 0 Å². The molecule has 2 aromatic carbocycles. The summed E-state index contributed by atoms with van der Waals surface area (Å²) in [5.41, 5.74) is 4.82. The largest absolute Gasteiger partial charge is 0.355 e. The minimum absolute atomic E-state index is 0.0125. The summed E-state index contributed by atoms with van der Waals surface area (Å²) in [5, 5.41) is 5.39. The van der Waals surface area contributed by atoms with Crippen molar-refractivity contribution in [3.8, 4) is 0 Å². The quantitative estimate of drug-likeness (QED) is 0.727. The topological polar surface area (TPSA) is 75.3 Å². The second-order valence-electron chi connectivity index (χ2n) is 7.17. The van der Waals surface area contributed by atoms with Crippen LogP contribution in [0.1, 0.15) is 63.1 Å². The molecule has 0 aromatic heterocycles. The SMILES string of the molecule is CNC(=O)c1ccc(CNC(=O)CCC(=O)c2ccc3c(c2)CCCC3)cc1. The molecule has 0 spiro atoms. The Morgan fingerprint density at radius 1 is 0.857 bits per heavy atom. The molecule has 0 aliphatic heterocycles. The lowest BCUT2D eigenvalue weighted by Crippen LogP contribution is -2.23. The Balaban J connectivity index is 1.46. The van der Waals surface area contributed by atoms with Crippen LogP contribution in [-0.4, -0.2) is 24.6 Å². The number of nitrogens with one attached hydrogen (secondary N) is 2. The van der Waals surface area contributed by atoms with E-state index in [-0.39, 0.29) is 30.4 Å². The second-order valence-corrected chi connectivity index (χ2v) is 7.17. The summed E-state index contributed by atoms with van der Waals surface area (Å²) in [6.45, 7) is 0.375. The van der Waals surface area contributed by atoms with Crippen molar-refractivity contribution in [3.05, 3.63) is 70.3 Å². The number of carbonyl (C=O) groups is 3. The molecule has 28 heavy (non-hydrogen) atoms. The molecule has 5 nitrogen and oxygen atoms in total. The Kier molecular flexibility index (Phi) is 6.58. The first kappa shape index (κ1) is 19.8. The highest BCUT2D eigenvalue weighted by molar-refractivity contribution is 5.98. The highest BCUT2D eigenvalue weighted by Gasteiger charge is 2.14. The fourth-order valence-electron chi connectivity index (χ4n) is 3.49. The molecule has 2 N–H and O–H groups in total. The monoisotopic (exact) mass is 378 g/mol. The van der Waals surface area contributed by atoms with Gasteiger partial charge in [0.2, 0.25) is 5.91 Å². The summed E-state index contributed by atoms with van der Waals surface area (Å²) in [4.78, 5) is 36.0. The van der Waals surface area contributed by atoms with Crippen molar-refractivity contribution in [2.45, 2.75) is 45.1 Å². The Hall–Kier alpha value is -2.95. The van der Waals surface area contributed by atoms with Gasteiger partial charge in [0.1, 0.15) is 0 Å². The molecule has 2 amide bonds. The molecule has 0 heterocycles. The van der Waals surface area contributed by atoms with Gasteiger partial charge >= 0.3 is 0 Å². The van der Waals surface area contributed by atoms with E-state index in [1.54, 1.807) is 19.2 Å². The van der Waals surface area contributed by atoms with E-state index in [1.165, 1.54) is 24.0 Å². The standard InChI is InChI=1S/C23H26N2O3/c1-24-23(28)18-8-6-16(7-9-18)15-25-22(27)13-12-21(26)20-11-10-17-4-2-3-5-19(17)14-20/h6-11,14H,2-5,12-13,15H2,1H3,(H,24,28)(H,25,27). The molecule has 146 valence electrons. The van der Waals surface area contributed by atoms with Crippen LogP contribution < -0.4 is 10.6 Å². The first-order valence-electron chi connectivity index (χ1n) is 9.79. The van der Waals surface area contributed by atoms with Crippen molar-refractivity contribution in [2.24, 2.45) is 0 Å². The average Bonchev–Trinajstić information content (AvgIpc) is 2.75. The van der Waals surface area contributed by atoms with Crippen LogP contribution in [-0.2, 0) is 24.2 Å². The number of hydrogen-bond acceptors (Lipinski definition) is 3. The zero-order valence-corrected chi connectivity index (χ0v) is 16.2. The number of amides is 2. The molecule has 1 aliphatic carbocycles. The Bertz CT molecular complexity index is 872.